The third kappa shape index (κ3) is 3.10. The van der Waals surface area contributed by atoms with Crippen LogP contribution >= 0.6 is 11.8 Å². The lowest BCUT2D eigenvalue weighted by Gasteiger charge is -2.04. The van der Waals surface area contributed by atoms with Crippen LogP contribution in [0.4, 0.5) is 0 Å². The Kier molecular flexibility index (Phi) is 4.54. The molecule has 5 nitrogen and oxygen atoms in total. The third-order valence-corrected chi connectivity index (χ3v) is 2.97. The Morgan fingerprint density at radius 1 is 1.56 bits per heavy atom. The number of methoxy groups -OCH3 is 1. The lowest BCUT2D eigenvalue weighted by atomic mass is 10.2. The van der Waals surface area contributed by atoms with Gasteiger partial charge in [-0.15, -0.1) is 0 Å². The zero-order valence-corrected chi connectivity index (χ0v) is 10.3. The monoisotopic (exact) mass is 242 g/mol. The van der Waals surface area contributed by atoms with E-state index in [1.54, 1.807) is 6.92 Å². The van der Waals surface area contributed by atoms with Crippen molar-refractivity contribution in [3.05, 3.63) is 21.6 Å². The molecule has 0 aliphatic carbocycles. The van der Waals surface area contributed by atoms with Gasteiger partial charge < -0.3 is 9.72 Å². The molecule has 0 unspecified atom stereocenters. The number of nitrogens with one attached hydrogen (secondary N) is 1. The van der Waals surface area contributed by atoms with Crippen LogP contribution in [0.25, 0.3) is 0 Å². The highest BCUT2D eigenvalue weighted by Crippen LogP contribution is 2.12. The van der Waals surface area contributed by atoms with E-state index in [4.69, 9.17) is 0 Å². The van der Waals surface area contributed by atoms with Crippen LogP contribution in [0, 0.1) is 6.92 Å². The molecule has 0 fully saturated rings. The number of esters is 1. The van der Waals surface area contributed by atoms with Gasteiger partial charge in [0.2, 0.25) is 0 Å². The smallest absolute Gasteiger partial charge is 0.316 e. The van der Waals surface area contributed by atoms with E-state index in [2.05, 4.69) is 14.7 Å². The topological polar surface area (TPSA) is 72.0 Å². The van der Waals surface area contributed by atoms with Gasteiger partial charge in [-0.2, -0.15) is 0 Å². The summed E-state index contributed by atoms with van der Waals surface area (Å²) in [5.41, 5.74) is 1.24. The molecule has 0 bridgehead atoms. The predicted octanol–water partition coefficient (Wildman–Crippen LogP) is 0.906. The summed E-state index contributed by atoms with van der Waals surface area (Å²) in [5, 5.41) is 0.456. The maximum absolute atomic E-state index is 11.5. The van der Waals surface area contributed by atoms with Crippen molar-refractivity contribution in [2.24, 2.45) is 0 Å². The fraction of sp³-hybridized carbons (Fsp3) is 0.500. The number of carbonyl (C=O) groups excluding carboxylic acids is 1. The van der Waals surface area contributed by atoms with E-state index < -0.39 is 0 Å². The minimum Gasteiger partial charge on any atom is -0.468 e. The molecule has 1 aromatic rings. The Morgan fingerprint density at radius 3 is 2.81 bits per heavy atom. The zero-order valence-electron chi connectivity index (χ0n) is 9.49. The van der Waals surface area contributed by atoms with E-state index >= 15 is 0 Å². The van der Waals surface area contributed by atoms with Crippen LogP contribution in [-0.2, 0) is 16.0 Å². The van der Waals surface area contributed by atoms with Crippen molar-refractivity contribution in [2.45, 2.75) is 25.4 Å². The van der Waals surface area contributed by atoms with Gasteiger partial charge >= 0.3 is 5.97 Å². The summed E-state index contributed by atoms with van der Waals surface area (Å²) in [6.07, 6.45) is 0.696. The molecule has 16 heavy (non-hydrogen) atoms. The molecular weight excluding hydrogens is 228 g/mol. The molecule has 1 heterocycles. The molecule has 88 valence electrons. The van der Waals surface area contributed by atoms with Gasteiger partial charge in [-0.3, -0.25) is 9.59 Å². The molecule has 0 aliphatic heterocycles. The first-order chi connectivity index (χ1) is 7.58. The molecule has 1 N–H and O–H groups in total. The maximum atomic E-state index is 11.5. The van der Waals surface area contributed by atoms with E-state index in [1.165, 1.54) is 7.11 Å². The summed E-state index contributed by atoms with van der Waals surface area (Å²) in [7, 11) is 1.33. The molecule has 6 heteroatoms. The number of aryl methyl sites for hydroxylation is 1. The number of nitrogens with zero attached hydrogens (tertiary/aromatic N) is 1. The Hall–Kier alpha value is -1.30. The Bertz CT molecular complexity index is 442. The van der Waals surface area contributed by atoms with Gasteiger partial charge in [0.1, 0.15) is 0 Å². The molecule has 0 atom stereocenters. The average Bonchev–Trinajstić information content (AvgIpc) is 2.29. The summed E-state index contributed by atoms with van der Waals surface area (Å²) in [5.74, 6) is -0.197. The number of hydrogen-bond acceptors (Lipinski definition) is 5. The average molecular weight is 242 g/mol. The van der Waals surface area contributed by atoms with E-state index in [0.717, 1.165) is 17.5 Å². The van der Waals surface area contributed by atoms with Crippen molar-refractivity contribution < 1.29 is 9.53 Å². The van der Waals surface area contributed by atoms with Gasteiger partial charge in [-0.05, 0) is 13.3 Å². The van der Waals surface area contributed by atoms with Crippen LogP contribution in [0.1, 0.15) is 18.2 Å². The highest BCUT2D eigenvalue weighted by Gasteiger charge is 2.08. The minimum absolute atomic E-state index is 0.144. The van der Waals surface area contributed by atoms with Crippen molar-refractivity contribution in [1.82, 2.24) is 9.97 Å². The summed E-state index contributed by atoms with van der Waals surface area (Å²) in [6, 6.07) is 0. The first kappa shape index (κ1) is 12.8. The Morgan fingerprint density at radius 2 is 2.25 bits per heavy atom. The number of carbonyl (C=O) groups is 1. The molecule has 0 aromatic carbocycles. The SMILES string of the molecule is CCc1nc(SCC(=O)OC)[nH]c(=O)c1C. The van der Waals surface area contributed by atoms with Crippen LogP contribution in [0.3, 0.4) is 0 Å². The molecule has 1 aromatic heterocycles. The lowest BCUT2D eigenvalue weighted by Crippen LogP contribution is -2.16. The number of H-pyrrole nitrogens is 1. The lowest BCUT2D eigenvalue weighted by molar-refractivity contribution is -0.137. The van der Waals surface area contributed by atoms with Gasteiger partial charge in [0.25, 0.3) is 5.56 Å². The minimum atomic E-state index is -0.341. The first-order valence-corrected chi connectivity index (χ1v) is 5.86. The van der Waals surface area contributed by atoms with Gasteiger partial charge in [0.15, 0.2) is 5.16 Å². The van der Waals surface area contributed by atoms with Crippen LogP contribution < -0.4 is 5.56 Å². The number of thioether (sulfide) groups is 1. The number of aromatic amines is 1. The normalized spacial score (nSPS) is 10.2. The molecule has 0 amide bonds. The fourth-order valence-corrected chi connectivity index (χ4v) is 1.87. The highest BCUT2D eigenvalue weighted by molar-refractivity contribution is 7.99. The van der Waals surface area contributed by atoms with Gasteiger partial charge in [-0.1, -0.05) is 18.7 Å². The van der Waals surface area contributed by atoms with E-state index in [0.29, 0.717) is 17.1 Å². The van der Waals surface area contributed by atoms with Gasteiger partial charge in [-0.25, -0.2) is 4.98 Å². The zero-order chi connectivity index (χ0) is 12.1. The number of ether oxygens (including phenoxy) is 1. The fourth-order valence-electron chi connectivity index (χ4n) is 1.16. The second kappa shape index (κ2) is 5.69. The van der Waals surface area contributed by atoms with Crippen molar-refractivity contribution in [3.63, 3.8) is 0 Å². The van der Waals surface area contributed by atoms with Gasteiger partial charge in [0.05, 0.1) is 18.6 Å². The summed E-state index contributed by atoms with van der Waals surface area (Å²) in [4.78, 5) is 29.3. The van der Waals surface area contributed by atoms with Crippen molar-refractivity contribution >= 4 is 17.7 Å². The molecular formula is C10H14N2O3S. The number of hydrogen-bond donors (Lipinski definition) is 1. The first-order valence-electron chi connectivity index (χ1n) is 4.87. The quantitative estimate of drug-likeness (QED) is 0.482. The van der Waals surface area contributed by atoms with Crippen LogP contribution in [0.15, 0.2) is 9.95 Å². The van der Waals surface area contributed by atoms with Crippen LogP contribution in [-0.4, -0.2) is 28.8 Å². The highest BCUT2D eigenvalue weighted by atomic mass is 32.2. The van der Waals surface area contributed by atoms with E-state index in [1.807, 2.05) is 6.92 Å². The standard InChI is InChI=1S/C10H14N2O3S/c1-4-7-6(2)9(14)12-10(11-7)16-5-8(13)15-3/h4-5H2,1-3H3,(H,11,12,14). The summed E-state index contributed by atoms with van der Waals surface area (Å²) in [6.45, 7) is 3.67. The Labute approximate surface area is 97.6 Å². The van der Waals surface area contributed by atoms with Crippen LogP contribution in [0.5, 0.6) is 0 Å². The van der Waals surface area contributed by atoms with Gasteiger partial charge in [0, 0.05) is 5.56 Å². The second-order valence-electron chi connectivity index (χ2n) is 3.16. The van der Waals surface area contributed by atoms with Crippen molar-refractivity contribution in [1.29, 1.82) is 0 Å². The number of rotatable bonds is 4. The van der Waals surface area contributed by atoms with Crippen LogP contribution in [0.2, 0.25) is 0 Å². The predicted molar refractivity (Wildman–Crippen MR) is 61.7 cm³/mol. The molecule has 0 saturated heterocycles. The number of aromatic nitrogens is 2. The van der Waals surface area contributed by atoms with Crippen molar-refractivity contribution in [3.8, 4) is 0 Å². The summed E-state index contributed by atoms with van der Waals surface area (Å²) >= 11 is 1.16. The maximum Gasteiger partial charge on any atom is 0.316 e. The molecule has 1 rings (SSSR count). The Balaban J connectivity index is 2.86. The molecule has 0 saturated carbocycles. The largest absolute Gasteiger partial charge is 0.468 e. The van der Waals surface area contributed by atoms with E-state index in [-0.39, 0.29) is 17.3 Å². The third-order valence-electron chi connectivity index (χ3n) is 2.12. The van der Waals surface area contributed by atoms with Crippen molar-refractivity contribution in [2.75, 3.05) is 12.9 Å². The molecule has 0 radical (unpaired) electrons. The second-order valence-corrected chi connectivity index (χ2v) is 4.13. The molecule has 0 spiro atoms. The summed E-state index contributed by atoms with van der Waals surface area (Å²) < 4.78 is 4.50. The molecule has 0 aliphatic rings. The van der Waals surface area contributed by atoms with E-state index in [9.17, 15) is 9.59 Å².